The lowest BCUT2D eigenvalue weighted by molar-refractivity contribution is -0.270. The lowest BCUT2D eigenvalue weighted by atomic mass is 9.79. The fourth-order valence-electron chi connectivity index (χ4n) is 4.92. The zero-order valence-corrected chi connectivity index (χ0v) is 16.0. The minimum atomic E-state index is -1.69. The minimum absolute atomic E-state index is 0.0608. The molecule has 2 fully saturated rings. The van der Waals surface area contributed by atoms with Crippen molar-refractivity contribution in [3.8, 4) is 0 Å². The average Bonchev–Trinajstić information content (AvgIpc) is 2.68. The molecule has 21 heavy (non-hydrogen) atoms. The van der Waals surface area contributed by atoms with E-state index in [1.54, 1.807) is 7.11 Å². The van der Waals surface area contributed by atoms with Crippen molar-refractivity contribution in [2.75, 3.05) is 20.3 Å². The van der Waals surface area contributed by atoms with Gasteiger partial charge in [-0.3, -0.25) is 4.57 Å². The molecule has 2 rings (SSSR count). The highest BCUT2D eigenvalue weighted by Gasteiger charge is 2.52. The Hall–Kier alpha value is 0.0569. The summed E-state index contributed by atoms with van der Waals surface area (Å²) in [7, 11) is 0.118. The van der Waals surface area contributed by atoms with Gasteiger partial charge in [0.05, 0.1) is 7.11 Å². The zero-order valence-electron chi connectivity index (χ0n) is 15.0. The fourth-order valence-corrected chi connectivity index (χ4v) is 8.54. The molecular formula is C16H34N2O2Si. The summed E-state index contributed by atoms with van der Waals surface area (Å²) < 4.78 is 9.02. The van der Waals surface area contributed by atoms with Crippen LogP contribution in [0, 0.1) is 0 Å². The second-order valence-corrected chi connectivity index (χ2v) is 11.8. The molecule has 0 aromatic rings. The Morgan fingerprint density at radius 1 is 1.14 bits per heavy atom. The summed E-state index contributed by atoms with van der Waals surface area (Å²) in [4.78, 5) is 5.73. The maximum atomic E-state index is 6.27. The third-order valence-electron chi connectivity index (χ3n) is 5.30. The Morgan fingerprint density at radius 3 is 2.19 bits per heavy atom. The Balaban J connectivity index is 2.22. The molecule has 0 amide bonds. The summed E-state index contributed by atoms with van der Waals surface area (Å²) in [5.74, 6) is 0. The molecule has 2 aliphatic heterocycles. The first-order valence-corrected chi connectivity index (χ1v) is 11.0. The Bertz CT molecular complexity index is 357. The molecule has 2 saturated heterocycles. The molecule has 5 heteroatoms. The summed E-state index contributed by atoms with van der Waals surface area (Å²) in [6, 6.07) is 1.90. The van der Waals surface area contributed by atoms with Crippen molar-refractivity contribution in [1.82, 2.24) is 9.63 Å². The molecule has 4 nitrogen and oxygen atoms in total. The van der Waals surface area contributed by atoms with Crippen LogP contribution in [0.3, 0.4) is 0 Å². The smallest absolute Gasteiger partial charge is 0.268 e. The van der Waals surface area contributed by atoms with Crippen LogP contribution in [0.15, 0.2) is 0 Å². The van der Waals surface area contributed by atoms with Gasteiger partial charge in [-0.15, -0.1) is 0 Å². The van der Waals surface area contributed by atoms with E-state index in [0.717, 1.165) is 19.4 Å². The summed E-state index contributed by atoms with van der Waals surface area (Å²) in [6.45, 7) is 15.8. The highest BCUT2D eigenvalue weighted by molar-refractivity contribution is 6.70. The molecule has 1 atom stereocenters. The quantitative estimate of drug-likeness (QED) is 0.743. The van der Waals surface area contributed by atoms with Crippen molar-refractivity contribution in [1.29, 1.82) is 0 Å². The molecule has 0 aromatic carbocycles. The van der Waals surface area contributed by atoms with Gasteiger partial charge in [-0.1, -0.05) is 0 Å². The lowest BCUT2D eigenvalue weighted by Crippen LogP contribution is -2.66. The molecule has 124 valence electrons. The summed E-state index contributed by atoms with van der Waals surface area (Å²) >= 11 is 0. The van der Waals surface area contributed by atoms with E-state index < -0.39 is 8.48 Å². The molecule has 0 spiro atoms. The molecule has 0 aromatic heterocycles. The van der Waals surface area contributed by atoms with E-state index in [9.17, 15) is 0 Å². The van der Waals surface area contributed by atoms with Crippen molar-refractivity contribution in [2.24, 2.45) is 0 Å². The van der Waals surface area contributed by atoms with Gasteiger partial charge in [0.25, 0.3) is 8.48 Å². The first-order chi connectivity index (χ1) is 9.66. The average molecular weight is 315 g/mol. The lowest BCUT2D eigenvalue weighted by Gasteiger charge is -2.56. The number of hydrogen-bond donors (Lipinski definition) is 0. The topological polar surface area (TPSA) is 24.9 Å². The molecule has 2 aliphatic rings. The van der Waals surface area contributed by atoms with E-state index in [2.05, 4.69) is 50.8 Å². The van der Waals surface area contributed by atoms with Crippen molar-refractivity contribution in [3.05, 3.63) is 0 Å². The van der Waals surface area contributed by atoms with Gasteiger partial charge < -0.3 is 9.26 Å². The minimum Gasteiger partial charge on any atom is -0.403 e. The van der Waals surface area contributed by atoms with Crippen LogP contribution in [0.2, 0.25) is 12.6 Å². The molecule has 0 radical (unpaired) electrons. The van der Waals surface area contributed by atoms with Crippen molar-refractivity contribution >= 4 is 8.48 Å². The van der Waals surface area contributed by atoms with Crippen molar-refractivity contribution in [3.63, 3.8) is 0 Å². The monoisotopic (exact) mass is 314 g/mol. The number of nitrogens with zero attached hydrogens (tertiary/aromatic N) is 2. The maximum Gasteiger partial charge on any atom is 0.268 e. The van der Waals surface area contributed by atoms with Crippen LogP contribution in [0.25, 0.3) is 0 Å². The molecule has 0 bridgehead atoms. The van der Waals surface area contributed by atoms with E-state index in [4.69, 9.17) is 9.26 Å². The van der Waals surface area contributed by atoms with E-state index in [1.165, 1.54) is 19.0 Å². The van der Waals surface area contributed by atoms with Gasteiger partial charge in [0.1, 0.15) is 0 Å². The molecule has 2 heterocycles. The van der Waals surface area contributed by atoms with Gasteiger partial charge in [0.2, 0.25) is 0 Å². The summed E-state index contributed by atoms with van der Waals surface area (Å²) in [5.41, 5.74) is 0.122. The van der Waals surface area contributed by atoms with Gasteiger partial charge in [0, 0.05) is 23.7 Å². The second-order valence-electron chi connectivity index (χ2n) is 8.07. The third kappa shape index (κ3) is 3.22. The predicted octanol–water partition coefficient (Wildman–Crippen LogP) is 3.38. The summed E-state index contributed by atoms with van der Waals surface area (Å²) in [5, 5.41) is 2.20. The Kier molecular flexibility index (Phi) is 4.91. The number of piperidine rings is 1. The van der Waals surface area contributed by atoms with Gasteiger partial charge in [-0.25, -0.2) is 0 Å². The van der Waals surface area contributed by atoms with Gasteiger partial charge in [-0.05, 0) is 73.0 Å². The van der Waals surface area contributed by atoms with Crippen LogP contribution in [0.1, 0.15) is 53.9 Å². The van der Waals surface area contributed by atoms with E-state index in [0.29, 0.717) is 6.04 Å². The van der Waals surface area contributed by atoms with Crippen LogP contribution < -0.4 is 0 Å². The first kappa shape index (κ1) is 17.4. The van der Waals surface area contributed by atoms with E-state index in [-0.39, 0.29) is 11.1 Å². The van der Waals surface area contributed by atoms with Gasteiger partial charge in [0.15, 0.2) is 0 Å². The van der Waals surface area contributed by atoms with Crippen LogP contribution >= 0.6 is 0 Å². The van der Waals surface area contributed by atoms with Crippen molar-refractivity contribution in [2.45, 2.75) is 83.6 Å². The molecular weight excluding hydrogens is 280 g/mol. The van der Waals surface area contributed by atoms with Crippen LogP contribution in [-0.2, 0) is 9.26 Å². The molecule has 0 saturated carbocycles. The van der Waals surface area contributed by atoms with E-state index >= 15 is 0 Å². The third-order valence-corrected chi connectivity index (χ3v) is 9.29. The van der Waals surface area contributed by atoms with E-state index in [1.807, 2.05) is 0 Å². The molecule has 0 N–H and O–H groups in total. The Morgan fingerprint density at radius 2 is 1.71 bits per heavy atom. The second kappa shape index (κ2) is 5.93. The van der Waals surface area contributed by atoms with Crippen LogP contribution in [-0.4, -0.2) is 55.5 Å². The summed E-state index contributed by atoms with van der Waals surface area (Å²) in [6.07, 6.45) is 3.61. The van der Waals surface area contributed by atoms with Gasteiger partial charge >= 0.3 is 0 Å². The fraction of sp³-hybridized carbons (Fsp3) is 1.00. The van der Waals surface area contributed by atoms with Crippen molar-refractivity contribution < 1.29 is 9.26 Å². The standard InChI is InChI=1S/C16H34N2O2Si/c1-8-20-21(7)11-9-10-17(21)14-12-15(2,3)18(19-6)16(4,5)13-14/h14H,8-13H2,1-7H3. The number of hydrogen-bond acceptors (Lipinski definition) is 4. The SMILES string of the molecule is CCO[Si]1(C)CCCN1C1CC(C)(C)N(OC)C(C)(C)C1. The Labute approximate surface area is 131 Å². The highest BCUT2D eigenvalue weighted by atomic mass is 28.4. The largest absolute Gasteiger partial charge is 0.403 e. The molecule has 0 aliphatic carbocycles. The first-order valence-electron chi connectivity index (χ1n) is 8.41. The van der Waals surface area contributed by atoms with Crippen LogP contribution in [0.5, 0.6) is 0 Å². The zero-order chi connectivity index (χ0) is 15.9. The molecule has 1 unspecified atom stereocenters. The number of rotatable bonds is 4. The highest BCUT2D eigenvalue weighted by Crippen LogP contribution is 2.43. The van der Waals surface area contributed by atoms with Gasteiger partial charge in [-0.2, -0.15) is 5.06 Å². The number of hydroxylamine groups is 2. The predicted molar refractivity (Wildman–Crippen MR) is 89.4 cm³/mol. The van der Waals surface area contributed by atoms with Crippen LogP contribution in [0.4, 0.5) is 0 Å². The normalized spacial score (nSPS) is 34.4. The maximum absolute atomic E-state index is 6.27.